The summed E-state index contributed by atoms with van der Waals surface area (Å²) in [5.74, 6) is 0.730. The van der Waals surface area contributed by atoms with Crippen molar-refractivity contribution in [1.29, 1.82) is 0 Å². The Bertz CT molecular complexity index is 784. The Balaban J connectivity index is 1.69. The number of amides is 2. The molecule has 3 rings (SSSR count). The number of nitrogens with one attached hydrogen (secondary N) is 1. The van der Waals surface area contributed by atoms with Crippen LogP contribution in [-0.2, 0) is 24.4 Å². The lowest BCUT2D eigenvalue weighted by atomic mass is 9.95. The number of nitrogens with zero attached hydrogens (tertiary/aromatic N) is 1. The second kappa shape index (κ2) is 7.38. The van der Waals surface area contributed by atoms with Gasteiger partial charge < -0.3 is 15.0 Å². The van der Waals surface area contributed by atoms with Crippen LogP contribution in [0.1, 0.15) is 34.0 Å². The first-order valence-corrected chi connectivity index (χ1v) is 8.38. The van der Waals surface area contributed by atoms with Crippen LogP contribution in [0.3, 0.4) is 0 Å². The van der Waals surface area contributed by atoms with Gasteiger partial charge in [-0.2, -0.15) is 0 Å². The van der Waals surface area contributed by atoms with E-state index >= 15 is 0 Å². The van der Waals surface area contributed by atoms with E-state index < -0.39 is 0 Å². The van der Waals surface area contributed by atoms with Crippen molar-refractivity contribution in [3.05, 3.63) is 64.7 Å². The minimum Gasteiger partial charge on any atom is -0.489 e. The Morgan fingerprint density at radius 1 is 1.16 bits per heavy atom. The second-order valence-corrected chi connectivity index (χ2v) is 6.14. The molecular weight excluding hydrogens is 316 g/mol. The average Bonchev–Trinajstić information content (AvgIpc) is 2.65. The summed E-state index contributed by atoms with van der Waals surface area (Å²) in [6.07, 6.45) is 0.851. The number of carbonyl (C=O) groups is 2. The summed E-state index contributed by atoms with van der Waals surface area (Å²) >= 11 is 0. The van der Waals surface area contributed by atoms with E-state index in [1.807, 2.05) is 11.0 Å². The molecule has 0 aromatic heterocycles. The summed E-state index contributed by atoms with van der Waals surface area (Å²) in [7, 11) is 1.61. The molecule has 0 radical (unpaired) electrons. The fourth-order valence-corrected chi connectivity index (χ4v) is 3.10. The van der Waals surface area contributed by atoms with Crippen molar-refractivity contribution in [2.24, 2.45) is 0 Å². The largest absolute Gasteiger partial charge is 0.489 e. The van der Waals surface area contributed by atoms with Crippen LogP contribution in [0.15, 0.2) is 42.5 Å². The lowest BCUT2D eigenvalue weighted by Gasteiger charge is -2.29. The van der Waals surface area contributed by atoms with Crippen LogP contribution in [0.25, 0.3) is 0 Å². The number of carbonyl (C=O) groups excluding carboxylic acids is 2. The standard InChI is InChI=1S/C20H22N2O3/c1-14(23)22-11-10-19-16(12-22)4-3-5-17(19)13-25-18-8-6-15(7-9-18)20(24)21-2/h3-9H,10-13H2,1-2H3,(H,21,24). The molecule has 5 heteroatoms. The molecule has 0 saturated carbocycles. The first-order chi connectivity index (χ1) is 12.1. The maximum Gasteiger partial charge on any atom is 0.251 e. The van der Waals surface area contributed by atoms with Crippen molar-refractivity contribution in [3.8, 4) is 5.75 Å². The summed E-state index contributed by atoms with van der Waals surface area (Å²) in [4.78, 5) is 25.0. The van der Waals surface area contributed by atoms with Gasteiger partial charge in [-0.1, -0.05) is 18.2 Å². The van der Waals surface area contributed by atoms with Gasteiger partial charge in [-0.25, -0.2) is 0 Å². The van der Waals surface area contributed by atoms with Gasteiger partial charge in [0.2, 0.25) is 5.91 Å². The minimum absolute atomic E-state index is 0.112. The Hall–Kier alpha value is -2.82. The molecule has 0 unspecified atom stereocenters. The Morgan fingerprint density at radius 3 is 2.60 bits per heavy atom. The van der Waals surface area contributed by atoms with E-state index in [1.54, 1.807) is 38.2 Å². The van der Waals surface area contributed by atoms with Gasteiger partial charge in [0.1, 0.15) is 12.4 Å². The predicted octanol–water partition coefficient (Wildman–Crippen LogP) is 2.53. The Kier molecular flexibility index (Phi) is 5.03. The Morgan fingerprint density at radius 2 is 1.92 bits per heavy atom. The second-order valence-electron chi connectivity index (χ2n) is 6.14. The fraction of sp³-hybridized carbons (Fsp3) is 0.300. The van der Waals surface area contributed by atoms with Crippen molar-refractivity contribution in [1.82, 2.24) is 10.2 Å². The molecule has 1 heterocycles. The summed E-state index contributed by atoms with van der Waals surface area (Å²) in [6.45, 7) is 3.50. The van der Waals surface area contributed by atoms with E-state index in [9.17, 15) is 9.59 Å². The fourth-order valence-electron chi connectivity index (χ4n) is 3.10. The number of fused-ring (bicyclic) bond motifs is 1. The number of rotatable bonds is 4. The van der Waals surface area contributed by atoms with Crippen LogP contribution < -0.4 is 10.1 Å². The summed E-state index contributed by atoms with van der Waals surface area (Å²) in [5.41, 5.74) is 4.23. The van der Waals surface area contributed by atoms with Gasteiger partial charge in [0.25, 0.3) is 5.91 Å². The molecule has 5 nitrogen and oxygen atoms in total. The summed E-state index contributed by atoms with van der Waals surface area (Å²) < 4.78 is 5.89. The van der Waals surface area contributed by atoms with Crippen LogP contribution >= 0.6 is 0 Å². The third kappa shape index (κ3) is 3.82. The normalized spacial score (nSPS) is 13.1. The smallest absolute Gasteiger partial charge is 0.251 e. The zero-order valence-electron chi connectivity index (χ0n) is 14.5. The highest BCUT2D eigenvalue weighted by Crippen LogP contribution is 2.24. The summed E-state index contributed by atoms with van der Waals surface area (Å²) in [6, 6.07) is 13.3. The van der Waals surface area contributed by atoms with Gasteiger partial charge in [-0.05, 0) is 47.4 Å². The molecule has 0 bridgehead atoms. The summed E-state index contributed by atoms with van der Waals surface area (Å²) in [5, 5.41) is 2.60. The van der Waals surface area contributed by atoms with E-state index in [0.29, 0.717) is 18.7 Å². The average molecular weight is 338 g/mol. The molecule has 1 aliphatic heterocycles. The molecule has 0 fully saturated rings. The molecule has 2 amide bonds. The van der Waals surface area contributed by atoms with Crippen LogP contribution in [-0.4, -0.2) is 30.3 Å². The Labute approximate surface area is 147 Å². The van der Waals surface area contributed by atoms with Crippen molar-refractivity contribution < 1.29 is 14.3 Å². The van der Waals surface area contributed by atoms with Gasteiger partial charge in [0.15, 0.2) is 0 Å². The van der Waals surface area contributed by atoms with Crippen LogP contribution in [0.4, 0.5) is 0 Å². The molecule has 25 heavy (non-hydrogen) atoms. The van der Waals surface area contributed by atoms with Gasteiger partial charge >= 0.3 is 0 Å². The maximum absolute atomic E-state index is 11.6. The zero-order valence-corrected chi connectivity index (χ0v) is 14.5. The van der Waals surface area contributed by atoms with Crippen molar-refractivity contribution in [2.75, 3.05) is 13.6 Å². The molecule has 0 atom stereocenters. The molecule has 0 spiro atoms. The number of hydrogen-bond donors (Lipinski definition) is 1. The third-order valence-electron chi connectivity index (χ3n) is 4.55. The molecule has 2 aromatic rings. The van der Waals surface area contributed by atoms with Gasteiger partial charge in [0.05, 0.1) is 0 Å². The SMILES string of the molecule is CNC(=O)c1ccc(OCc2cccc3c2CCN(C(C)=O)C3)cc1. The molecule has 1 aliphatic rings. The first kappa shape index (κ1) is 17.0. The van der Waals surface area contributed by atoms with E-state index in [2.05, 4.69) is 17.4 Å². The molecule has 2 aromatic carbocycles. The van der Waals surface area contributed by atoms with E-state index in [4.69, 9.17) is 4.74 Å². The zero-order chi connectivity index (χ0) is 17.8. The molecule has 0 saturated heterocycles. The van der Waals surface area contributed by atoms with Gasteiger partial charge in [-0.3, -0.25) is 9.59 Å². The van der Waals surface area contributed by atoms with Crippen molar-refractivity contribution in [3.63, 3.8) is 0 Å². The first-order valence-electron chi connectivity index (χ1n) is 8.38. The number of hydrogen-bond acceptors (Lipinski definition) is 3. The lowest BCUT2D eigenvalue weighted by molar-refractivity contribution is -0.129. The van der Waals surface area contributed by atoms with Crippen molar-refractivity contribution in [2.45, 2.75) is 26.5 Å². The topological polar surface area (TPSA) is 58.6 Å². The number of ether oxygens (including phenoxy) is 1. The maximum atomic E-state index is 11.6. The van der Waals surface area contributed by atoms with Gasteiger partial charge in [-0.15, -0.1) is 0 Å². The highest BCUT2D eigenvalue weighted by Gasteiger charge is 2.20. The van der Waals surface area contributed by atoms with Crippen LogP contribution in [0, 0.1) is 0 Å². The monoisotopic (exact) mass is 338 g/mol. The number of benzene rings is 2. The third-order valence-corrected chi connectivity index (χ3v) is 4.55. The molecular formula is C20H22N2O3. The predicted molar refractivity (Wildman–Crippen MR) is 95.4 cm³/mol. The highest BCUT2D eigenvalue weighted by atomic mass is 16.5. The highest BCUT2D eigenvalue weighted by molar-refractivity contribution is 5.94. The van der Waals surface area contributed by atoms with Crippen LogP contribution in [0.2, 0.25) is 0 Å². The quantitative estimate of drug-likeness (QED) is 0.932. The van der Waals surface area contributed by atoms with E-state index in [-0.39, 0.29) is 11.8 Å². The lowest BCUT2D eigenvalue weighted by Crippen LogP contribution is -2.34. The van der Waals surface area contributed by atoms with Crippen molar-refractivity contribution >= 4 is 11.8 Å². The molecule has 130 valence electrons. The minimum atomic E-state index is -0.112. The molecule has 1 N–H and O–H groups in total. The van der Waals surface area contributed by atoms with E-state index in [0.717, 1.165) is 24.3 Å². The van der Waals surface area contributed by atoms with Crippen LogP contribution in [0.5, 0.6) is 5.75 Å². The van der Waals surface area contributed by atoms with E-state index in [1.165, 1.54) is 11.1 Å². The molecule has 0 aliphatic carbocycles. The van der Waals surface area contributed by atoms with Gasteiger partial charge in [0, 0.05) is 32.6 Å².